The van der Waals surface area contributed by atoms with Gasteiger partial charge in [0, 0.05) is 23.3 Å². The molecule has 1 saturated carbocycles. The Hall–Kier alpha value is -2.43. The van der Waals surface area contributed by atoms with Gasteiger partial charge >= 0.3 is 0 Å². The van der Waals surface area contributed by atoms with Crippen LogP contribution in [0.3, 0.4) is 0 Å². The highest BCUT2D eigenvalue weighted by Gasteiger charge is 2.60. The van der Waals surface area contributed by atoms with E-state index in [0.29, 0.717) is 25.0 Å². The van der Waals surface area contributed by atoms with Crippen molar-refractivity contribution in [2.24, 2.45) is 11.8 Å². The average molecular weight is 401 g/mol. The van der Waals surface area contributed by atoms with Crippen molar-refractivity contribution in [1.82, 2.24) is 10.2 Å². The summed E-state index contributed by atoms with van der Waals surface area (Å²) < 4.78 is 12.5. The molecule has 1 aromatic heterocycles. The van der Waals surface area contributed by atoms with Crippen LogP contribution < -0.4 is 0 Å². The Balaban J connectivity index is 1.53. The molecule has 2 aliphatic carbocycles. The molecule has 1 N–H and O–H groups in total. The number of benzene rings is 2. The number of fused-ring (bicyclic) bond motifs is 3. The number of nitrogens with zero attached hydrogens (tertiary/aromatic N) is 1. The minimum Gasteiger partial charge on any atom is -0.347 e. The van der Waals surface area contributed by atoms with Crippen LogP contribution >= 0.6 is 0 Å². The van der Waals surface area contributed by atoms with Crippen LogP contribution in [0.5, 0.6) is 0 Å². The molecule has 4 heteroatoms. The van der Waals surface area contributed by atoms with Crippen molar-refractivity contribution < 1.29 is 9.47 Å². The quantitative estimate of drug-likeness (QED) is 0.651. The van der Waals surface area contributed by atoms with Crippen LogP contribution in [0.15, 0.2) is 60.7 Å². The molecule has 1 aliphatic heterocycles. The van der Waals surface area contributed by atoms with Crippen LogP contribution in [-0.2, 0) is 21.3 Å². The first-order chi connectivity index (χ1) is 14.7. The van der Waals surface area contributed by atoms with Gasteiger partial charge in [-0.15, -0.1) is 0 Å². The van der Waals surface area contributed by atoms with Crippen LogP contribution in [0.1, 0.15) is 43.0 Å². The van der Waals surface area contributed by atoms with E-state index >= 15 is 0 Å². The topological polar surface area (TPSA) is 47.1 Å². The Morgan fingerprint density at radius 3 is 2.37 bits per heavy atom. The van der Waals surface area contributed by atoms with Gasteiger partial charge in [0.1, 0.15) is 0 Å². The lowest BCUT2D eigenvalue weighted by Crippen LogP contribution is -2.56. The molecule has 0 bridgehead atoms. The Morgan fingerprint density at radius 2 is 1.63 bits per heavy atom. The number of aromatic amines is 1. The molecule has 0 amide bonds. The Kier molecular flexibility index (Phi) is 4.15. The van der Waals surface area contributed by atoms with E-state index in [0.717, 1.165) is 25.7 Å². The first-order valence-corrected chi connectivity index (χ1v) is 11.2. The molecule has 2 heterocycles. The molecule has 3 aliphatic rings. The lowest BCUT2D eigenvalue weighted by Gasteiger charge is -2.55. The summed E-state index contributed by atoms with van der Waals surface area (Å²) in [4.78, 5) is 0. The van der Waals surface area contributed by atoms with Gasteiger partial charge in [-0.3, -0.25) is 5.10 Å². The monoisotopic (exact) mass is 400 g/mol. The number of H-pyrrole nitrogens is 1. The SMILES string of the molecule is CC1C2CCc3c(n[nH]c3-c3ccccc3)C2(c2ccccc2)CCC12OCCO2. The fourth-order valence-electron chi connectivity index (χ4n) is 6.54. The summed E-state index contributed by atoms with van der Waals surface area (Å²) >= 11 is 0. The molecule has 4 nitrogen and oxygen atoms in total. The zero-order chi connectivity index (χ0) is 20.2. The van der Waals surface area contributed by atoms with Gasteiger partial charge in [-0.1, -0.05) is 67.6 Å². The maximum absolute atomic E-state index is 6.24. The molecule has 2 fully saturated rings. The Bertz CT molecular complexity index is 1040. The standard InChI is InChI=1S/C26H28N2O2/c1-18-22-13-12-21-23(19-8-4-2-5-9-19)27-28-24(21)25(22,20-10-6-3-7-11-20)14-15-26(18)29-16-17-30-26/h2-11,18,22H,12-17H2,1H3,(H,27,28). The van der Waals surface area contributed by atoms with E-state index < -0.39 is 5.79 Å². The van der Waals surface area contributed by atoms with E-state index in [2.05, 4.69) is 72.7 Å². The molecule has 2 aromatic carbocycles. The number of hydrogen-bond donors (Lipinski definition) is 1. The highest BCUT2D eigenvalue weighted by Crippen LogP contribution is 2.60. The van der Waals surface area contributed by atoms with Gasteiger partial charge in [0.2, 0.25) is 0 Å². The molecule has 3 unspecified atom stereocenters. The van der Waals surface area contributed by atoms with Crippen molar-refractivity contribution >= 4 is 0 Å². The second-order valence-electron chi connectivity index (χ2n) is 9.07. The summed E-state index contributed by atoms with van der Waals surface area (Å²) in [5.41, 5.74) is 6.30. The lowest BCUT2D eigenvalue weighted by molar-refractivity contribution is -0.232. The minimum atomic E-state index is -0.418. The zero-order valence-electron chi connectivity index (χ0n) is 17.4. The van der Waals surface area contributed by atoms with Crippen molar-refractivity contribution in [3.05, 3.63) is 77.5 Å². The van der Waals surface area contributed by atoms with Crippen molar-refractivity contribution in [3.8, 4) is 11.3 Å². The van der Waals surface area contributed by atoms with E-state index in [1.54, 1.807) is 0 Å². The normalized spacial score (nSPS) is 29.5. The summed E-state index contributed by atoms with van der Waals surface area (Å²) in [6.45, 7) is 3.75. The third-order valence-corrected chi connectivity index (χ3v) is 7.92. The lowest BCUT2D eigenvalue weighted by atomic mass is 9.52. The summed E-state index contributed by atoms with van der Waals surface area (Å²) in [7, 11) is 0. The van der Waals surface area contributed by atoms with Crippen molar-refractivity contribution in [3.63, 3.8) is 0 Å². The van der Waals surface area contributed by atoms with Gasteiger partial charge in [-0.2, -0.15) is 5.10 Å². The molecule has 30 heavy (non-hydrogen) atoms. The third kappa shape index (κ3) is 2.44. The van der Waals surface area contributed by atoms with E-state index in [9.17, 15) is 0 Å². The highest BCUT2D eigenvalue weighted by atomic mass is 16.7. The summed E-state index contributed by atoms with van der Waals surface area (Å²) in [6.07, 6.45) is 4.07. The fraction of sp³-hybridized carbons (Fsp3) is 0.423. The summed E-state index contributed by atoms with van der Waals surface area (Å²) in [5, 5.41) is 8.43. The number of hydrogen-bond acceptors (Lipinski definition) is 3. The molecule has 6 rings (SSSR count). The highest BCUT2D eigenvalue weighted by molar-refractivity contribution is 5.66. The van der Waals surface area contributed by atoms with Crippen molar-refractivity contribution in [2.75, 3.05) is 13.2 Å². The smallest absolute Gasteiger partial charge is 0.171 e. The van der Waals surface area contributed by atoms with Gasteiger partial charge in [0.15, 0.2) is 5.79 Å². The average Bonchev–Trinajstić information content (AvgIpc) is 3.46. The predicted octanol–water partition coefficient (Wildman–Crippen LogP) is 5.10. The predicted molar refractivity (Wildman–Crippen MR) is 116 cm³/mol. The van der Waals surface area contributed by atoms with Crippen molar-refractivity contribution in [1.29, 1.82) is 0 Å². The maximum atomic E-state index is 6.24. The van der Waals surface area contributed by atoms with Crippen LogP contribution in [-0.4, -0.2) is 29.2 Å². The number of ether oxygens (including phenoxy) is 2. The fourth-order valence-corrected chi connectivity index (χ4v) is 6.54. The molecule has 1 spiro atoms. The molecule has 3 atom stereocenters. The van der Waals surface area contributed by atoms with E-state index in [1.807, 2.05) is 0 Å². The van der Waals surface area contributed by atoms with Crippen LogP contribution in [0.25, 0.3) is 11.3 Å². The maximum Gasteiger partial charge on any atom is 0.171 e. The van der Waals surface area contributed by atoms with Crippen LogP contribution in [0.2, 0.25) is 0 Å². The van der Waals surface area contributed by atoms with Gasteiger partial charge in [-0.25, -0.2) is 0 Å². The number of aromatic nitrogens is 2. The number of nitrogens with one attached hydrogen (secondary N) is 1. The van der Waals surface area contributed by atoms with Gasteiger partial charge in [0.05, 0.1) is 24.6 Å². The molecule has 0 radical (unpaired) electrons. The first kappa shape index (κ1) is 18.3. The largest absolute Gasteiger partial charge is 0.347 e. The second-order valence-corrected chi connectivity index (χ2v) is 9.07. The van der Waals surface area contributed by atoms with Gasteiger partial charge in [-0.05, 0) is 36.3 Å². The molecule has 154 valence electrons. The molecule has 1 saturated heterocycles. The van der Waals surface area contributed by atoms with Gasteiger partial charge < -0.3 is 9.47 Å². The zero-order valence-corrected chi connectivity index (χ0v) is 17.4. The molecule has 3 aromatic rings. The molecular weight excluding hydrogens is 372 g/mol. The molecular formula is C26H28N2O2. The number of rotatable bonds is 2. The summed E-state index contributed by atoms with van der Waals surface area (Å²) in [5.74, 6) is 0.337. The Labute approximate surface area is 177 Å². The van der Waals surface area contributed by atoms with E-state index in [-0.39, 0.29) is 5.41 Å². The first-order valence-electron chi connectivity index (χ1n) is 11.2. The summed E-state index contributed by atoms with van der Waals surface area (Å²) in [6, 6.07) is 21.6. The Morgan fingerprint density at radius 1 is 0.933 bits per heavy atom. The van der Waals surface area contributed by atoms with Crippen LogP contribution in [0.4, 0.5) is 0 Å². The third-order valence-electron chi connectivity index (χ3n) is 7.92. The minimum absolute atomic E-state index is 0.0989. The van der Waals surface area contributed by atoms with E-state index in [1.165, 1.54) is 28.1 Å². The van der Waals surface area contributed by atoms with E-state index in [4.69, 9.17) is 14.6 Å². The van der Waals surface area contributed by atoms with Gasteiger partial charge in [0.25, 0.3) is 0 Å². The van der Waals surface area contributed by atoms with Crippen molar-refractivity contribution in [2.45, 2.75) is 43.8 Å². The second kappa shape index (κ2) is 6.79. The van der Waals surface area contributed by atoms with Crippen LogP contribution in [0, 0.1) is 11.8 Å².